The van der Waals surface area contributed by atoms with E-state index in [0.717, 1.165) is 72.1 Å². The number of hydrogen-bond donors (Lipinski definition) is 0. The summed E-state index contributed by atoms with van der Waals surface area (Å²) in [6.07, 6.45) is -0.253. The van der Waals surface area contributed by atoms with Gasteiger partial charge in [0.15, 0.2) is 5.84 Å². The molecule has 3 heterocycles. The lowest BCUT2D eigenvalue weighted by Crippen LogP contribution is -2.35. The van der Waals surface area contributed by atoms with Crippen molar-refractivity contribution in [1.82, 2.24) is 9.47 Å². The minimum absolute atomic E-state index is 0.253. The summed E-state index contributed by atoms with van der Waals surface area (Å²) in [5.74, 6) is 1.56. The zero-order chi connectivity index (χ0) is 40.4. The first kappa shape index (κ1) is 35.0. The second kappa shape index (κ2) is 14.1. The molecule has 0 saturated carbocycles. The number of aliphatic imine (C=N–C) groups is 2. The Labute approximate surface area is 352 Å². The number of benzene rings is 9. The maximum atomic E-state index is 6.83. The molecule has 9 aromatic carbocycles. The van der Waals surface area contributed by atoms with E-state index in [1.807, 2.05) is 24.3 Å². The standard InChI is InChI=1S/C56H38N4O/c1-59-55(39-20-9-4-10-21-39)57-54(38-18-7-3-8-19-38)58-56(59)46-25-15-27-50-53(46)52-45-24-12-11-22-42(45)47(35-51(52)61-50)37-28-31-41(32-29-37)60-48-26-14-13-23-43(48)44-33-30-40(34-49(44)60)36-16-5-2-6-17-36/h2-35,55H,1H3. The van der Waals surface area contributed by atoms with Crippen LogP contribution in [0.3, 0.4) is 0 Å². The maximum Gasteiger partial charge on any atom is 0.159 e. The molecule has 5 nitrogen and oxygen atoms in total. The van der Waals surface area contributed by atoms with Gasteiger partial charge in [-0.1, -0.05) is 170 Å². The van der Waals surface area contributed by atoms with Gasteiger partial charge in [-0.15, -0.1) is 0 Å². The first-order valence-electron chi connectivity index (χ1n) is 20.7. The Hall–Kier alpha value is -8.02. The highest BCUT2D eigenvalue weighted by atomic mass is 16.3. The molecule has 0 fully saturated rings. The van der Waals surface area contributed by atoms with Crippen LogP contribution in [0.4, 0.5) is 0 Å². The van der Waals surface area contributed by atoms with E-state index in [2.05, 4.69) is 199 Å². The van der Waals surface area contributed by atoms with Gasteiger partial charge in [-0.25, -0.2) is 9.98 Å². The Bertz CT molecular complexity index is 3530. The predicted molar refractivity (Wildman–Crippen MR) is 253 cm³/mol. The lowest BCUT2D eigenvalue weighted by molar-refractivity contribution is 0.383. The molecule has 5 heteroatoms. The van der Waals surface area contributed by atoms with Gasteiger partial charge in [-0.2, -0.15) is 0 Å². The van der Waals surface area contributed by atoms with Gasteiger partial charge in [0.2, 0.25) is 0 Å². The molecule has 11 aromatic rings. The number of fused-ring (bicyclic) bond motifs is 8. The van der Waals surface area contributed by atoms with Crippen LogP contribution in [0.1, 0.15) is 22.9 Å². The summed E-state index contributed by atoms with van der Waals surface area (Å²) < 4.78 is 9.22. The van der Waals surface area contributed by atoms with Gasteiger partial charge in [0.05, 0.1) is 11.0 Å². The highest BCUT2D eigenvalue weighted by Crippen LogP contribution is 2.43. The number of furan rings is 1. The summed E-state index contributed by atoms with van der Waals surface area (Å²) in [6, 6.07) is 73.1. The molecule has 0 saturated heterocycles. The van der Waals surface area contributed by atoms with E-state index in [1.54, 1.807) is 0 Å². The molecule has 0 N–H and O–H groups in total. The van der Waals surface area contributed by atoms with Crippen molar-refractivity contribution in [2.45, 2.75) is 6.17 Å². The van der Waals surface area contributed by atoms with Crippen LogP contribution in [0.25, 0.3) is 82.5 Å². The lowest BCUT2D eigenvalue weighted by atomic mass is 9.93. The molecular weight excluding hydrogens is 745 g/mol. The first-order valence-corrected chi connectivity index (χ1v) is 20.7. The van der Waals surface area contributed by atoms with Crippen LogP contribution in [-0.4, -0.2) is 28.2 Å². The van der Waals surface area contributed by atoms with Crippen LogP contribution in [0.5, 0.6) is 0 Å². The molecule has 0 radical (unpaired) electrons. The van der Waals surface area contributed by atoms with Gasteiger partial charge >= 0.3 is 0 Å². The van der Waals surface area contributed by atoms with Crippen molar-refractivity contribution >= 4 is 66.2 Å². The Morgan fingerprint density at radius 2 is 1.08 bits per heavy atom. The number of amidine groups is 2. The van der Waals surface area contributed by atoms with Gasteiger partial charge in [-0.05, 0) is 75.0 Å². The fraction of sp³-hybridized carbons (Fsp3) is 0.0357. The molecule has 1 aliphatic heterocycles. The van der Waals surface area contributed by atoms with E-state index in [9.17, 15) is 0 Å². The van der Waals surface area contributed by atoms with Gasteiger partial charge < -0.3 is 13.9 Å². The zero-order valence-electron chi connectivity index (χ0n) is 33.4. The fourth-order valence-electron chi connectivity index (χ4n) is 9.38. The number of rotatable bonds is 6. The SMILES string of the molecule is CN1C(c2cccc3oc4cc(-c5ccc(-n6c7ccccc7c7ccc(-c8ccccc8)cc76)cc5)c5ccccc5c4c23)=NC(c2ccccc2)=NC1c1ccccc1. The van der Waals surface area contributed by atoms with Gasteiger partial charge in [0.25, 0.3) is 0 Å². The van der Waals surface area contributed by atoms with Crippen LogP contribution < -0.4 is 0 Å². The molecule has 0 aliphatic carbocycles. The summed E-state index contributed by atoms with van der Waals surface area (Å²) in [4.78, 5) is 12.7. The summed E-state index contributed by atoms with van der Waals surface area (Å²) in [5.41, 5.74) is 12.9. The van der Waals surface area contributed by atoms with Gasteiger partial charge in [-0.3, -0.25) is 0 Å². The van der Waals surface area contributed by atoms with E-state index >= 15 is 0 Å². The Morgan fingerprint density at radius 1 is 0.443 bits per heavy atom. The molecule has 2 aromatic heterocycles. The zero-order valence-corrected chi connectivity index (χ0v) is 33.4. The van der Waals surface area contributed by atoms with Crippen molar-refractivity contribution in [2.75, 3.05) is 7.05 Å². The number of aromatic nitrogens is 1. The third-order valence-electron chi connectivity index (χ3n) is 12.2. The molecule has 1 unspecified atom stereocenters. The van der Waals surface area contributed by atoms with E-state index < -0.39 is 0 Å². The second-order valence-corrected chi connectivity index (χ2v) is 15.8. The van der Waals surface area contributed by atoms with Crippen LogP contribution in [0.2, 0.25) is 0 Å². The molecule has 288 valence electrons. The van der Waals surface area contributed by atoms with Crippen LogP contribution >= 0.6 is 0 Å². The smallest absolute Gasteiger partial charge is 0.159 e. The average Bonchev–Trinajstić information content (AvgIpc) is 3.88. The summed E-state index contributed by atoms with van der Waals surface area (Å²) in [7, 11) is 2.09. The van der Waals surface area contributed by atoms with E-state index in [-0.39, 0.29) is 6.17 Å². The molecule has 61 heavy (non-hydrogen) atoms. The van der Waals surface area contributed by atoms with Crippen LogP contribution in [0, 0.1) is 0 Å². The Morgan fingerprint density at radius 3 is 1.85 bits per heavy atom. The monoisotopic (exact) mass is 782 g/mol. The highest BCUT2D eigenvalue weighted by Gasteiger charge is 2.29. The molecule has 0 bridgehead atoms. The van der Waals surface area contributed by atoms with Gasteiger partial charge in [0.1, 0.15) is 23.2 Å². The maximum absolute atomic E-state index is 6.83. The summed E-state index contributed by atoms with van der Waals surface area (Å²) >= 11 is 0. The van der Waals surface area contributed by atoms with E-state index in [1.165, 1.54) is 32.9 Å². The van der Waals surface area contributed by atoms with Crippen molar-refractivity contribution in [3.63, 3.8) is 0 Å². The van der Waals surface area contributed by atoms with Crippen LogP contribution in [0.15, 0.2) is 221 Å². The molecule has 1 atom stereocenters. The highest BCUT2D eigenvalue weighted by molar-refractivity contribution is 6.28. The van der Waals surface area contributed by atoms with E-state index in [0.29, 0.717) is 5.84 Å². The van der Waals surface area contributed by atoms with E-state index in [4.69, 9.17) is 14.4 Å². The predicted octanol–water partition coefficient (Wildman–Crippen LogP) is 14.0. The molecular formula is C56H38N4O. The minimum Gasteiger partial charge on any atom is -0.456 e. The average molecular weight is 783 g/mol. The second-order valence-electron chi connectivity index (χ2n) is 15.8. The summed E-state index contributed by atoms with van der Waals surface area (Å²) in [6.45, 7) is 0. The topological polar surface area (TPSA) is 46.0 Å². The van der Waals surface area contributed by atoms with Crippen molar-refractivity contribution < 1.29 is 4.42 Å². The van der Waals surface area contributed by atoms with Crippen molar-refractivity contribution in [3.05, 3.63) is 223 Å². The molecule has 1 aliphatic rings. The quantitative estimate of drug-likeness (QED) is 0.169. The normalized spacial score (nSPS) is 14.3. The number of para-hydroxylation sites is 1. The lowest BCUT2D eigenvalue weighted by Gasteiger charge is -2.32. The fourth-order valence-corrected chi connectivity index (χ4v) is 9.38. The third kappa shape index (κ3) is 5.70. The van der Waals surface area contributed by atoms with Crippen molar-refractivity contribution in [2.24, 2.45) is 9.98 Å². The Balaban J connectivity index is 1.01. The van der Waals surface area contributed by atoms with Crippen molar-refractivity contribution in [1.29, 1.82) is 0 Å². The van der Waals surface area contributed by atoms with Gasteiger partial charge in [0, 0.05) is 45.4 Å². The molecule has 0 amide bonds. The third-order valence-corrected chi connectivity index (χ3v) is 12.2. The molecule has 12 rings (SSSR count). The summed E-state index contributed by atoms with van der Waals surface area (Å²) in [5, 5.41) is 6.91. The number of nitrogens with zero attached hydrogens (tertiary/aromatic N) is 4. The van der Waals surface area contributed by atoms with Crippen LogP contribution in [-0.2, 0) is 0 Å². The minimum atomic E-state index is -0.253. The first-order chi connectivity index (χ1) is 30.2. The number of hydrogen-bond acceptors (Lipinski definition) is 4. The largest absolute Gasteiger partial charge is 0.456 e. The van der Waals surface area contributed by atoms with Crippen molar-refractivity contribution in [3.8, 4) is 27.9 Å². The molecule has 0 spiro atoms. The Kier molecular flexibility index (Phi) is 8.07.